The van der Waals surface area contributed by atoms with Gasteiger partial charge >= 0.3 is 0 Å². The molecule has 1 amide bonds. The van der Waals surface area contributed by atoms with Gasteiger partial charge in [0.1, 0.15) is 17.2 Å². The summed E-state index contributed by atoms with van der Waals surface area (Å²) in [6.45, 7) is 1.92. The molecule has 132 valence electrons. The fourth-order valence-corrected chi connectivity index (χ4v) is 2.60. The summed E-state index contributed by atoms with van der Waals surface area (Å²) in [6, 6.07) is 18.8. The molecule has 5 heteroatoms. The van der Waals surface area contributed by atoms with Crippen molar-refractivity contribution in [3.63, 3.8) is 0 Å². The van der Waals surface area contributed by atoms with Crippen LogP contribution < -0.4 is 14.4 Å². The van der Waals surface area contributed by atoms with E-state index >= 15 is 0 Å². The average molecular weight is 348 g/mol. The highest BCUT2D eigenvalue weighted by atomic mass is 16.5. The average Bonchev–Trinajstić information content (AvgIpc) is 2.67. The Morgan fingerprint density at radius 2 is 1.81 bits per heavy atom. The van der Waals surface area contributed by atoms with Crippen LogP contribution in [0, 0.1) is 0 Å². The number of pyridine rings is 1. The maximum absolute atomic E-state index is 12.3. The minimum atomic E-state index is -0.0984. The number of ether oxygens (including phenoxy) is 2. The van der Waals surface area contributed by atoms with Crippen LogP contribution in [0.4, 0.5) is 5.69 Å². The van der Waals surface area contributed by atoms with Crippen LogP contribution in [0.3, 0.4) is 0 Å². The Hall–Kier alpha value is -3.34. The van der Waals surface area contributed by atoms with Gasteiger partial charge in [-0.2, -0.15) is 0 Å². The summed E-state index contributed by atoms with van der Waals surface area (Å²) in [5.41, 5.74) is 1.57. The molecule has 2 aromatic carbocycles. The summed E-state index contributed by atoms with van der Waals surface area (Å²) in [7, 11) is 1.62. The van der Waals surface area contributed by atoms with E-state index in [0.717, 1.165) is 11.3 Å². The van der Waals surface area contributed by atoms with Gasteiger partial charge in [0.15, 0.2) is 5.75 Å². The van der Waals surface area contributed by atoms with E-state index < -0.39 is 0 Å². The third-order valence-electron chi connectivity index (χ3n) is 3.88. The van der Waals surface area contributed by atoms with Crippen LogP contribution in [-0.2, 0) is 11.3 Å². The Labute approximate surface area is 152 Å². The lowest BCUT2D eigenvalue weighted by Crippen LogP contribution is -2.28. The Kier molecular flexibility index (Phi) is 5.49. The molecule has 0 bridgehead atoms. The number of nitrogens with zero attached hydrogens (tertiary/aromatic N) is 2. The Bertz CT molecular complexity index is 881. The van der Waals surface area contributed by atoms with Crippen LogP contribution >= 0.6 is 0 Å². The number of hydrogen-bond donors (Lipinski definition) is 0. The van der Waals surface area contributed by atoms with Crippen LogP contribution in [0.25, 0.3) is 0 Å². The third-order valence-corrected chi connectivity index (χ3v) is 3.88. The maximum Gasteiger partial charge on any atom is 0.224 e. The number of amides is 1. The predicted molar refractivity (Wildman–Crippen MR) is 101 cm³/mol. The molecule has 0 saturated heterocycles. The topological polar surface area (TPSA) is 51.7 Å². The molecule has 0 radical (unpaired) electrons. The van der Waals surface area contributed by atoms with E-state index in [1.165, 1.54) is 6.92 Å². The van der Waals surface area contributed by atoms with Crippen LogP contribution in [0.2, 0.25) is 0 Å². The van der Waals surface area contributed by atoms with E-state index in [2.05, 4.69) is 4.98 Å². The number of benzene rings is 2. The number of methoxy groups -OCH3 is 1. The van der Waals surface area contributed by atoms with E-state index in [4.69, 9.17) is 9.47 Å². The van der Waals surface area contributed by atoms with Gasteiger partial charge in [-0.15, -0.1) is 0 Å². The molecule has 0 aliphatic heterocycles. The van der Waals surface area contributed by atoms with Crippen molar-refractivity contribution in [3.05, 3.63) is 78.6 Å². The molecule has 1 heterocycles. The Balaban J connectivity index is 1.92. The van der Waals surface area contributed by atoms with Gasteiger partial charge in [-0.1, -0.05) is 30.3 Å². The maximum atomic E-state index is 12.3. The minimum absolute atomic E-state index is 0.0984. The van der Waals surface area contributed by atoms with Crippen molar-refractivity contribution in [1.29, 1.82) is 0 Å². The molecule has 0 N–H and O–H groups in total. The summed E-state index contributed by atoms with van der Waals surface area (Å²) in [5, 5.41) is 0. The van der Waals surface area contributed by atoms with Crippen molar-refractivity contribution in [1.82, 2.24) is 4.98 Å². The van der Waals surface area contributed by atoms with Gasteiger partial charge in [0, 0.05) is 19.2 Å². The summed E-state index contributed by atoms with van der Waals surface area (Å²) in [4.78, 5) is 18.1. The molecule has 0 aliphatic rings. The van der Waals surface area contributed by atoms with Gasteiger partial charge in [-0.3, -0.25) is 9.78 Å². The van der Waals surface area contributed by atoms with Gasteiger partial charge in [0.05, 0.1) is 19.9 Å². The zero-order chi connectivity index (χ0) is 18.4. The van der Waals surface area contributed by atoms with Gasteiger partial charge in [0.25, 0.3) is 0 Å². The zero-order valence-electron chi connectivity index (χ0n) is 14.8. The minimum Gasteiger partial charge on any atom is -0.497 e. The van der Waals surface area contributed by atoms with Gasteiger partial charge < -0.3 is 14.4 Å². The highest BCUT2D eigenvalue weighted by molar-refractivity contribution is 5.92. The zero-order valence-corrected chi connectivity index (χ0v) is 14.8. The standard InChI is InChI=1S/C21H20N2O3/c1-16(24)23(15-17-7-6-10-19(13-17)25-2)20-14-22-12-11-21(20)26-18-8-4-3-5-9-18/h3-14H,15H2,1-2H3. The van der Waals surface area contributed by atoms with Crippen molar-refractivity contribution >= 4 is 11.6 Å². The monoisotopic (exact) mass is 348 g/mol. The fraction of sp³-hybridized carbons (Fsp3) is 0.143. The molecular weight excluding hydrogens is 328 g/mol. The highest BCUT2D eigenvalue weighted by Gasteiger charge is 2.18. The molecule has 0 atom stereocenters. The van der Waals surface area contributed by atoms with Gasteiger partial charge in [0.2, 0.25) is 5.91 Å². The largest absolute Gasteiger partial charge is 0.497 e. The Morgan fingerprint density at radius 1 is 1.04 bits per heavy atom. The second kappa shape index (κ2) is 8.16. The molecule has 0 saturated carbocycles. The number of aromatic nitrogens is 1. The summed E-state index contributed by atoms with van der Waals surface area (Å²) in [6.07, 6.45) is 3.28. The number of carbonyl (C=O) groups excluding carboxylic acids is 1. The number of anilines is 1. The second-order valence-corrected chi connectivity index (χ2v) is 5.72. The summed E-state index contributed by atoms with van der Waals surface area (Å²) in [5.74, 6) is 1.92. The SMILES string of the molecule is COc1cccc(CN(C(C)=O)c2cnccc2Oc2ccccc2)c1. The molecule has 0 spiro atoms. The first-order chi connectivity index (χ1) is 12.7. The van der Waals surface area contributed by atoms with Crippen LogP contribution in [0.5, 0.6) is 17.2 Å². The number of hydrogen-bond acceptors (Lipinski definition) is 4. The van der Waals surface area contributed by atoms with Crippen LogP contribution in [-0.4, -0.2) is 18.0 Å². The summed E-state index contributed by atoms with van der Waals surface area (Å²) < 4.78 is 11.2. The molecule has 0 aliphatic carbocycles. The van der Waals surface area contributed by atoms with Crippen molar-refractivity contribution in [2.75, 3.05) is 12.0 Å². The Morgan fingerprint density at radius 3 is 2.54 bits per heavy atom. The first-order valence-corrected chi connectivity index (χ1v) is 8.25. The summed E-state index contributed by atoms with van der Waals surface area (Å²) >= 11 is 0. The number of para-hydroxylation sites is 1. The smallest absolute Gasteiger partial charge is 0.224 e. The normalized spacial score (nSPS) is 10.2. The van der Waals surface area contributed by atoms with Crippen LogP contribution in [0.15, 0.2) is 73.1 Å². The quantitative estimate of drug-likeness (QED) is 0.661. The number of rotatable bonds is 6. The van der Waals surface area contributed by atoms with E-state index in [9.17, 15) is 4.79 Å². The van der Waals surface area contributed by atoms with Crippen LogP contribution in [0.1, 0.15) is 12.5 Å². The molecule has 0 unspecified atom stereocenters. The van der Waals surface area contributed by atoms with Gasteiger partial charge in [-0.25, -0.2) is 0 Å². The lowest BCUT2D eigenvalue weighted by atomic mass is 10.2. The first kappa shape index (κ1) is 17.5. The molecule has 5 nitrogen and oxygen atoms in total. The third kappa shape index (κ3) is 4.19. The van der Waals surface area contributed by atoms with Crippen molar-refractivity contribution in [2.45, 2.75) is 13.5 Å². The van der Waals surface area contributed by atoms with Crippen molar-refractivity contribution < 1.29 is 14.3 Å². The molecule has 3 aromatic rings. The molecule has 0 fully saturated rings. The second-order valence-electron chi connectivity index (χ2n) is 5.72. The highest BCUT2D eigenvalue weighted by Crippen LogP contribution is 2.32. The molecule has 1 aromatic heterocycles. The van der Waals surface area contributed by atoms with E-state index in [-0.39, 0.29) is 5.91 Å². The lowest BCUT2D eigenvalue weighted by Gasteiger charge is -2.23. The number of carbonyl (C=O) groups is 1. The van der Waals surface area contributed by atoms with Crippen molar-refractivity contribution in [3.8, 4) is 17.2 Å². The van der Waals surface area contributed by atoms with Gasteiger partial charge in [-0.05, 0) is 29.8 Å². The van der Waals surface area contributed by atoms with Crippen molar-refractivity contribution in [2.24, 2.45) is 0 Å². The first-order valence-electron chi connectivity index (χ1n) is 8.25. The molecule has 26 heavy (non-hydrogen) atoms. The predicted octanol–water partition coefficient (Wildman–Crippen LogP) is 4.44. The van der Waals surface area contributed by atoms with E-state index in [1.54, 1.807) is 30.5 Å². The van der Waals surface area contributed by atoms with E-state index in [0.29, 0.717) is 23.7 Å². The lowest BCUT2D eigenvalue weighted by molar-refractivity contribution is -0.116. The molecule has 3 rings (SSSR count). The fourth-order valence-electron chi connectivity index (χ4n) is 2.60. The van der Waals surface area contributed by atoms with E-state index in [1.807, 2.05) is 54.6 Å². The molecular formula is C21H20N2O3.